The topological polar surface area (TPSA) is 84.4 Å². The molecule has 1 heterocycles. The van der Waals surface area contributed by atoms with Gasteiger partial charge in [-0.2, -0.15) is 0 Å². The maximum absolute atomic E-state index is 12.6. The number of carbonyl (C=O) groups is 2. The summed E-state index contributed by atoms with van der Waals surface area (Å²) < 4.78 is 4.75. The molecule has 0 aliphatic carbocycles. The lowest BCUT2D eigenvalue weighted by Gasteiger charge is -2.18. The molecule has 0 unspecified atom stereocenters. The molecule has 0 bridgehead atoms. The first-order valence-corrected chi connectivity index (χ1v) is 8.64. The minimum absolute atomic E-state index is 0.199. The fourth-order valence-corrected chi connectivity index (χ4v) is 2.68. The third-order valence-corrected chi connectivity index (χ3v) is 4.12. The molecule has 0 spiro atoms. The number of hydrogen-bond donors (Lipinski definition) is 1. The monoisotopic (exact) mass is 376 g/mol. The third kappa shape index (κ3) is 4.50. The summed E-state index contributed by atoms with van der Waals surface area (Å²) in [6, 6.07) is 18.2. The quantitative estimate of drug-likeness (QED) is 0.665. The number of aromatic nitrogens is 2. The molecule has 3 aromatic rings. The van der Waals surface area contributed by atoms with Crippen LogP contribution in [0.25, 0.3) is 0 Å². The smallest absolute Gasteiger partial charge is 0.339 e. The summed E-state index contributed by atoms with van der Waals surface area (Å²) in [5.41, 5.74) is 1.96. The summed E-state index contributed by atoms with van der Waals surface area (Å²) in [6.45, 7) is 0.643. The Bertz CT molecular complexity index is 976. The van der Waals surface area contributed by atoms with Crippen LogP contribution in [0.15, 0.2) is 67.0 Å². The highest BCUT2D eigenvalue weighted by molar-refractivity contribution is 6.07. The Morgan fingerprint density at radius 3 is 2.50 bits per heavy atom. The van der Waals surface area contributed by atoms with Crippen molar-refractivity contribution in [3.8, 4) is 0 Å². The first-order chi connectivity index (χ1) is 13.6. The molecule has 0 fully saturated rings. The van der Waals surface area contributed by atoms with Crippen LogP contribution in [0.1, 0.15) is 26.4 Å². The molecule has 142 valence electrons. The number of amides is 1. The number of ether oxygens (including phenoxy) is 1. The van der Waals surface area contributed by atoms with E-state index < -0.39 is 11.9 Å². The van der Waals surface area contributed by atoms with Gasteiger partial charge in [-0.25, -0.2) is 14.8 Å². The zero-order chi connectivity index (χ0) is 19.9. The average molecular weight is 376 g/mol. The zero-order valence-electron chi connectivity index (χ0n) is 15.6. The highest BCUT2D eigenvalue weighted by Gasteiger charge is 2.16. The first-order valence-electron chi connectivity index (χ1n) is 8.64. The maximum atomic E-state index is 12.6. The second-order valence-electron chi connectivity index (χ2n) is 6.09. The van der Waals surface area contributed by atoms with Crippen molar-refractivity contribution in [3.63, 3.8) is 0 Å². The summed E-state index contributed by atoms with van der Waals surface area (Å²) in [4.78, 5) is 34.7. The SMILES string of the molecule is COC(=O)c1ccccc1NC(=O)c1cc(N(C)Cc2ccccc2)ncn1. The van der Waals surface area contributed by atoms with Crippen LogP contribution >= 0.6 is 0 Å². The lowest BCUT2D eigenvalue weighted by Crippen LogP contribution is -2.20. The zero-order valence-corrected chi connectivity index (χ0v) is 15.6. The standard InChI is InChI=1S/C21H20N4O3/c1-25(13-15-8-4-3-5-9-15)19-12-18(22-14-23-19)20(26)24-17-11-7-6-10-16(17)21(27)28-2/h3-12,14H,13H2,1-2H3,(H,24,26). The predicted octanol–water partition coefficient (Wildman–Crippen LogP) is 3.15. The van der Waals surface area contributed by atoms with E-state index in [2.05, 4.69) is 15.3 Å². The number of nitrogens with one attached hydrogen (secondary N) is 1. The molecule has 3 rings (SSSR count). The maximum Gasteiger partial charge on any atom is 0.339 e. The lowest BCUT2D eigenvalue weighted by molar-refractivity contribution is 0.0602. The van der Waals surface area contributed by atoms with Gasteiger partial charge in [0.15, 0.2) is 0 Å². The van der Waals surface area contributed by atoms with Gasteiger partial charge in [0.2, 0.25) is 0 Å². The Hall–Kier alpha value is -3.74. The van der Waals surface area contributed by atoms with Gasteiger partial charge in [0.25, 0.3) is 5.91 Å². The Kier molecular flexibility index (Phi) is 5.96. The molecule has 0 radical (unpaired) electrons. The Balaban J connectivity index is 1.77. The van der Waals surface area contributed by atoms with Gasteiger partial charge in [-0.15, -0.1) is 0 Å². The number of para-hydroxylation sites is 1. The molecule has 2 aromatic carbocycles. The minimum Gasteiger partial charge on any atom is -0.465 e. The highest BCUT2D eigenvalue weighted by atomic mass is 16.5. The molecule has 0 aliphatic heterocycles. The van der Waals surface area contributed by atoms with Crippen molar-refractivity contribution in [1.82, 2.24) is 9.97 Å². The van der Waals surface area contributed by atoms with Crippen LogP contribution < -0.4 is 10.2 Å². The molecule has 1 aromatic heterocycles. The van der Waals surface area contributed by atoms with Crippen LogP contribution in [0.3, 0.4) is 0 Å². The number of esters is 1. The molecule has 0 saturated heterocycles. The minimum atomic E-state index is -0.526. The second kappa shape index (κ2) is 8.77. The van der Waals surface area contributed by atoms with Gasteiger partial charge in [0.05, 0.1) is 18.4 Å². The van der Waals surface area contributed by atoms with Crippen molar-refractivity contribution in [2.24, 2.45) is 0 Å². The van der Waals surface area contributed by atoms with Crippen molar-refractivity contribution >= 4 is 23.4 Å². The van der Waals surface area contributed by atoms with E-state index in [0.29, 0.717) is 18.1 Å². The van der Waals surface area contributed by atoms with Crippen molar-refractivity contribution in [3.05, 3.63) is 83.8 Å². The predicted molar refractivity (Wildman–Crippen MR) is 106 cm³/mol. The van der Waals surface area contributed by atoms with E-state index in [-0.39, 0.29) is 11.3 Å². The number of hydrogen-bond acceptors (Lipinski definition) is 6. The number of carbonyl (C=O) groups excluding carboxylic acids is 2. The second-order valence-corrected chi connectivity index (χ2v) is 6.09. The van der Waals surface area contributed by atoms with Gasteiger partial charge in [0.1, 0.15) is 17.8 Å². The normalized spacial score (nSPS) is 10.2. The number of methoxy groups -OCH3 is 1. The lowest BCUT2D eigenvalue weighted by atomic mass is 10.1. The first kappa shape index (κ1) is 19.0. The summed E-state index contributed by atoms with van der Waals surface area (Å²) in [7, 11) is 3.18. The summed E-state index contributed by atoms with van der Waals surface area (Å²) in [5, 5.41) is 2.71. The van der Waals surface area contributed by atoms with E-state index in [9.17, 15) is 9.59 Å². The van der Waals surface area contributed by atoms with Crippen LogP contribution in [0.4, 0.5) is 11.5 Å². The van der Waals surface area contributed by atoms with Crippen LogP contribution in [-0.2, 0) is 11.3 Å². The summed E-state index contributed by atoms with van der Waals surface area (Å²) >= 11 is 0. The van der Waals surface area contributed by atoms with E-state index in [1.807, 2.05) is 42.3 Å². The molecule has 1 N–H and O–H groups in total. The molecule has 1 amide bonds. The molecule has 28 heavy (non-hydrogen) atoms. The summed E-state index contributed by atoms with van der Waals surface area (Å²) in [5.74, 6) is -0.347. The van der Waals surface area contributed by atoms with Crippen LogP contribution in [0, 0.1) is 0 Å². The molecule has 7 heteroatoms. The van der Waals surface area contributed by atoms with Crippen molar-refractivity contribution < 1.29 is 14.3 Å². The molecule has 0 aliphatic rings. The van der Waals surface area contributed by atoms with Gasteiger partial charge in [-0.3, -0.25) is 4.79 Å². The van der Waals surface area contributed by atoms with Crippen molar-refractivity contribution in [1.29, 1.82) is 0 Å². The number of rotatable bonds is 6. The molecule has 7 nitrogen and oxygen atoms in total. The Morgan fingerprint density at radius 1 is 1.04 bits per heavy atom. The van der Waals surface area contributed by atoms with E-state index >= 15 is 0 Å². The van der Waals surface area contributed by atoms with Gasteiger partial charge in [-0.05, 0) is 17.7 Å². The fourth-order valence-electron chi connectivity index (χ4n) is 2.68. The van der Waals surface area contributed by atoms with Gasteiger partial charge < -0.3 is 15.0 Å². The Morgan fingerprint density at radius 2 is 1.75 bits per heavy atom. The molecular formula is C21H20N4O3. The van der Waals surface area contributed by atoms with Crippen molar-refractivity contribution in [2.75, 3.05) is 24.4 Å². The Labute approximate surface area is 163 Å². The number of benzene rings is 2. The van der Waals surface area contributed by atoms with Gasteiger partial charge in [0, 0.05) is 19.7 Å². The average Bonchev–Trinajstić information content (AvgIpc) is 2.74. The van der Waals surface area contributed by atoms with E-state index in [4.69, 9.17) is 4.74 Å². The van der Waals surface area contributed by atoms with Gasteiger partial charge >= 0.3 is 5.97 Å². The van der Waals surface area contributed by atoms with E-state index in [1.54, 1.807) is 30.3 Å². The third-order valence-electron chi connectivity index (χ3n) is 4.12. The molecule has 0 saturated carbocycles. The highest BCUT2D eigenvalue weighted by Crippen LogP contribution is 2.18. The van der Waals surface area contributed by atoms with Crippen LogP contribution in [0.2, 0.25) is 0 Å². The summed E-state index contributed by atoms with van der Waals surface area (Å²) in [6.07, 6.45) is 1.35. The van der Waals surface area contributed by atoms with E-state index in [0.717, 1.165) is 5.56 Å². The van der Waals surface area contributed by atoms with Gasteiger partial charge in [-0.1, -0.05) is 42.5 Å². The van der Waals surface area contributed by atoms with Crippen LogP contribution in [-0.4, -0.2) is 36.0 Å². The number of anilines is 2. The fraction of sp³-hybridized carbons (Fsp3) is 0.143. The molecular weight excluding hydrogens is 356 g/mol. The largest absolute Gasteiger partial charge is 0.465 e. The molecule has 0 atom stereocenters. The van der Waals surface area contributed by atoms with E-state index in [1.165, 1.54) is 13.4 Å². The van der Waals surface area contributed by atoms with Crippen LogP contribution in [0.5, 0.6) is 0 Å². The van der Waals surface area contributed by atoms with Crippen molar-refractivity contribution in [2.45, 2.75) is 6.54 Å². The number of nitrogens with zero attached hydrogens (tertiary/aromatic N) is 3.